The fourth-order valence-electron chi connectivity index (χ4n) is 1.74. The second-order valence-corrected chi connectivity index (χ2v) is 3.66. The summed E-state index contributed by atoms with van der Waals surface area (Å²) >= 11 is 0. The van der Waals surface area contributed by atoms with Crippen LogP contribution < -0.4 is 14.2 Å². The van der Waals surface area contributed by atoms with E-state index in [0.29, 0.717) is 22.9 Å². The molecule has 0 unspecified atom stereocenters. The quantitative estimate of drug-likeness (QED) is 0.607. The van der Waals surface area contributed by atoms with Crippen molar-refractivity contribution in [3.8, 4) is 11.5 Å². The van der Waals surface area contributed by atoms with Gasteiger partial charge in [0.1, 0.15) is 0 Å². The molecule has 0 saturated carbocycles. The number of rotatable bonds is 4. The summed E-state index contributed by atoms with van der Waals surface area (Å²) in [6.07, 6.45) is 0. The van der Waals surface area contributed by atoms with Crippen LogP contribution in [0.15, 0.2) is 48.5 Å². The first-order valence-electron chi connectivity index (χ1n) is 5.53. The Morgan fingerprint density at radius 2 is 1.17 bits per heavy atom. The average Bonchev–Trinajstić information content (AvgIpc) is 2.46. The Kier molecular flexibility index (Phi) is 3.57. The molecule has 0 saturated heterocycles. The molecule has 0 fully saturated rings. The zero-order chi connectivity index (χ0) is 13.0. The molecule has 0 radical (unpaired) electrons. The molecule has 0 spiro atoms. The molecule has 2 rings (SSSR count). The van der Waals surface area contributed by atoms with Crippen LogP contribution in [0, 0.1) is 0 Å². The van der Waals surface area contributed by atoms with E-state index < -0.39 is 0 Å². The van der Waals surface area contributed by atoms with E-state index in [1.165, 1.54) is 0 Å². The van der Waals surface area contributed by atoms with E-state index in [9.17, 15) is 5.53 Å². The SMILES string of the molecule is COc1ccccc1[N+](=[N-])c1ccccc1OC. The highest BCUT2D eigenvalue weighted by Crippen LogP contribution is 2.34. The first-order valence-corrected chi connectivity index (χ1v) is 5.53. The van der Waals surface area contributed by atoms with Crippen molar-refractivity contribution in [3.05, 3.63) is 54.1 Å². The van der Waals surface area contributed by atoms with E-state index in [2.05, 4.69) is 0 Å². The van der Waals surface area contributed by atoms with Gasteiger partial charge in [-0.15, -0.1) is 0 Å². The van der Waals surface area contributed by atoms with Crippen LogP contribution in [0.2, 0.25) is 0 Å². The van der Waals surface area contributed by atoms with Crippen LogP contribution in [0.25, 0.3) is 5.53 Å². The lowest BCUT2D eigenvalue weighted by molar-refractivity contribution is 0.409. The third-order valence-corrected chi connectivity index (χ3v) is 2.63. The number of para-hydroxylation sites is 4. The van der Waals surface area contributed by atoms with Gasteiger partial charge in [-0.05, 0) is 12.1 Å². The van der Waals surface area contributed by atoms with Gasteiger partial charge in [0, 0.05) is 12.1 Å². The van der Waals surface area contributed by atoms with Gasteiger partial charge >= 0.3 is 0 Å². The van der Waals surface area contributed by atoms with Gasteiger partial charge in [-0.25, -0.2) is 4.70 Å². The maximum absolute atomic E-state index is 10.3. The van der Waals surface area contributed by atoms with Crippen LogP contribution in [0.3, 0.4) is 0 Å². The summed E-state index contributed by atoms with van der Waals surface area (Å²) in [4.78, 5) is 0. The lowest BCUT2D eigenvalue weighted by atomic mass is 10.2. The second-order valence-electron chi connectivity index (χ2n) is 3.66. The summed E-state index contributed by atoms with van der Waals surface area (Å²) in [6.45, 7) is 0. The van der Waals surface area contributed by atoms with Crippen molar-refractivity contribution in [1.82, 2.24) is 4.70 Å². The largest absolute Gasteiger partial charge is 0.493 e. The standard InChI is InChI=1S/C14H14N2O2/c1-17-13-9-5-3-7-11(13)16(15)12-8-4-6-10-14(12)18-2/h3-10H,1-2H3. The average molecular weight is 242 g/mol. The Labute approximate surface area is 106 Å². The molecule has 4 nitrogen and oxygen atoms in total. The van der Waals surface area contributed by atoms with Crippen LogP contribution in [0.1, 0.15) is 0 Å². The highest BCUT2D eigenvalue weighted by Gasteiger charge is 2.16. The van der Waals surface area contributed by atoms with Crippen LogP contribution >= 0.6 is 0 Å². The van der Waals surface area contributed by atoms with Crippen molar-refractivity contribution < 1.29 is 9.47 Å². The van der Waals surface area contributed by atoms with Gasteiger partial charge in [-0.3, -0.25) is 0 Å². The van der Waals surface area contributed by atoms with E-state index in [4.69, 9.17) is 9.47 Å². The maximum Gasteiger partial charge on any atom is 0.242 e. The van der Waals surface area contributed by atoms with Crippen LogP contribution in [0.4, 0.5) is 11.4 Å². The zero-order valence-corrected chi connectivity index (χ0v) is 10.3. The highest BCUT2D eigenvalue weighted by molar-refractivity contribution is 5.63. The van der Waals surface area contributed by atoms with Gasteiger partial charge < -0.3 is 15.0 Å². The van der Waals surface area contributed by atoms with Crippen LogP contribution in [-0.2, 0) is 0 Å². The Morgan fingerprint density at radius 3 is 1.56 bits per heavy atom. The molecule has 18 heavy (non-hydrogen) atoms. The number of ether oxygens (including phenoxy) is 2. The third-order valence-electron chi connectivity index (χ3n) is 2.63. The molecule has 92 valence electrons. The molecular weight excluding hydrogens is 228 g/mol. The van der Waals surface area contributed by atoms with Crippen molar-refractivity contribution >= 4 is 11.4 Å². The topological polar surface area (TPSA) is 43.8 Å². The normalized spacial score (nSPS) is 9.89. The molecule has 0 aliphatic carbocycles. The maximum atomic E-state index is 10.3. The first-order chi connectivity index (χ1) is 8.77. The van der Waals surface area contributed by atoms with E-state index in [0.717, 1.165) is 4.70 Å². The van der Waals surface area contributed by atoms with Crippen molar-refractivity contribution in [2.75, 3.05) is 14.2 Å². The van der Waals surface area contributed by atoms with Crippen molar-refractivity contribution in [2.24, 2.45) is 0 Å². The van der Waals surface area contributed by atoms with E-state index in [1.807, 2.05) is 24.3 Å². The van der Waals surface area contributed by atoms with Crippen molar-refractivity contribution in [1.29, 1.82) is 0 Å². The molecule has 4 heteroatoms. The number of benzene rings is 2. The smallest absolute Gasteiger partial charge is 0.242 e. The fourth-order valence-corrected chi connectivity index (χ4v) is 1.74. The van der Waals surface area contributed by atoms with Crippen molar-refractivity contribution in [2.45, 2.75) is 0 Å². The summed E-state index contributed by atoms with van der Waals surface area (Å²) in [7, 11) is 3.13. The summed E-state index contributed by atoms with van der Waals surface area (Å²) in [5, 5.41) is 0. The number of hydrogen-bond acceptors (Lipinski definition) is 2. The van der Waals surface area contributed by atoms with Gasteiger partial charge in [-0.2, -0.15) is 0 Å². The molecule has 0 atom stereocenters. The molecular formula is C14H14N2O2. The third kappa shape index (κ3) is 2.18. The Bertz CT molecular complexity index is 518. The molecule has 0 aromatic heterocycles. The second kappa shape index (κ2) is 5.31. The first kappa shape index (κ1) is 12.1. The molecule has 0 bridgehead atoms. The minimum atomic E-state index is 0.560. The van der Waals surface area contributed by atoms with Gasteiger partial charge in [-0.1, -0.05) is 24.3 Å². The Hall–Kier alpha value is -2.36. The summed E-state index contributed by atoms with van der Waals surface area (Å²) in [5.41, 5.74) is 11.4. The van der Waals surface area contributed by atoms with Gasteiger partial charge in [0.05, 0.1) is 14.2 Å². The molecule has 0 amide bonds. The molecule has 0 aliphatic heterocycles. The summed E-state index contributed by atoms with van der Waals surface area (Å²) in [6, 6.07) is 14.5. The molecule has 2 aromatic rings. The number of hydrogen-bond donors (Lipinski definition) is 0. The lowest BCUT2D eigenvalue weighted by Gasteiger charge is -2.11. The number of methoxy groups -OCH3 is 2. The van der Waals surface area contributed by atoms with Crippen molar-refractivity contribution in [3.63, 3.8) is 0 Å². The predicted octanol–water partition coefficient (Wildman–Crippen LogP) is 3.56. The zero-order valence-electron chi connectivity index (χ0n) is 10.3. The Balaban J connectivity index is 2.48. The minimum Gasteiger partial charge on any atom is -0.493 e. The fraction of sp³-hybridized carbons (Fsp3) is 0.143. The monoisotopic (exact) mass is 242 g/mol. The van der Waals surface area contributed by atoms with E-state index in [-0.39, 0.29) is 0 Å². The lowest BCUT2D eigenvalue weighted by Crippen LogP contribution is -2.01. The Morgan fingerprint density at radius 1 is 0.778 bits per heavy atom. The molecule has 0 heterocycles. The van der Waals surface area contributed by atoms with E-state index in [1.54, 1.807) is 38.5 Å². The molecule has 0 N–H and O–H groups in total. The van der Waals surface area contributed by atoms with Gasteiger partial charge in [0.25, 0.3) is 0 Å². The predicted molar refractivity (Wildman–Crippen MR) is 70.8 cm³/mol. The molecule has 0 aliphatic rings. The number of nitrogens with zero attached hydrogens (tertiary/aromatic N) is 2. The highest BCUT2D eigenvalue weighted by atomic mass is 16.5. The summed E-state index contributed by atoms with van der Waals surface area (Å²) < 4.78 is 11.5. The van der Waals surface area contributed by atoms with E-state index >= 15 is 0 Å². The van der Waals surface area contributed by atoms with Crippen LogP contribution in [-0.4, -0.2) is 14.2 Å². The molecule has 2 aromatic carbocycles. The minimum absolute atomic E-state index is 0.560. The van der Waals surface area contributed by atoms with Gasteiger partial charge in [0.2, 0.25) is 11.4 Å². The van der Waals surface area contributed by atoms with Gasteiger partial charge in [0.15, 0.2) is 11.5 Å². The van der Waals surface area contributed by atoms with Crippen LogP contribution in [0.5, 0.6) is 11.5 Å². The summed E-state index contributed by atoms with van der Waals surface area (Å²) in [5.74, 6) is 1.18.